The largest absolute Gasteiger partial charge is 0.478 e. The van der Waals surface area contributed by atoms with Crippen LogP contribution in [0.2, 0.25) is 0 Å². The molecule has 0 amide bonds. The van der Waals surface area contributed by atoms with E-state index < -0.39 is 31.2 Å². The summed E-state index contributed by atoms with van der Waals surface area (Å²) in [7, 11) is -7.15. The van der Waals surface area contributed by atoms with E-state index in [0.717, 1.165) is 5.56 Å². The maximum Gasteiger partial charge on any atom is 0.198 e. The first-order valence-corrected chi connectivity index (χ1v) is 9.92. The lowest BCUT2D eigenvalue weighted by atomic mass is 10.2. The molecule has 1 aliphatic rings. The normalized spacial score (nSPS) is 15.6. The fraction of sp³-hybridized carbons (Fsp3) is 0.462. The fourth-order valence-electron chi connectivity index (χ4n) is 1.83. The number of rotatable bonds is 6. The van der Waals surface area contributed by atoms with Gasteiger partial charge in [-0.25, -0.2) is 16.8 Å². The first-order valence-electron chi connectivity index (χ1n) is 6.44. The summed E-state index contributed by atoms with van der Waals surface area (Å²) in [6.07, 6.45) is 0. The molecule has 0 spiro atoms. The molecule has 0 saturated carbocycles. The average Bonchev–Trinajstić information content (AvgIpc) is 2.89. The molecule has 116 valence electrons. The number of aryl methyl sites for hydroxylation is 1. The Bertz CT molecular complexity index is 733. The molecule has 0 aliphatic carbocycles. The molecule has 1 aliphatic heterocycles. The number of ether oxygens (including phenoxy) is 1. The third-order valence-electron chi connectivity index (χ3n) is 3.03. The number of hydrogen-bond acceptors (Lipinski definition) is 6. The molecule has 8 heteroatoms. The molecular weight excluding hydrogens is 314 g/mol. The van der Waals surface area contributed by atoms with Crippen LogP contribution in [0.5, 0.6) is 0 Å². The number of benzene rings is 1. The lowest BCUT2D eigenvalue weighted by Crippen LogP contribution is -2.24. The summed E-state index contributed by atoms with van der Waals surface area (Å²) < 4.78 is 53.0. The second-order valence-electron chi connectivity index (χ2n) is 4.85. The van der Waals surface area contributed by atoms with E-state index >= 15 is 0 Å². The molecule has 1 aromatic rings. The summed E-state index contributed by atoms with van der Waals surface area (Å²) in [5, 5.41) is 0. The van der Waals surface area contributed by atoms with Crippen LogP contribution in [0.25, 0.3) is 0 Å². The van der Waals surface area contributed by atoms with E-state index in [-0.39, 0.29) is 16.5 Å². The van der Waals surface area contributed by atoms with Crippen molar-refractivity contribution in [1.82, 2.24) is 0 Å². The van der Waals surface area contributed by atoms with Gasteiger partial charge in [0.1, 0.15) is 12.4 Å². The quantitative estimate of drug-likeness (QED) is 0.762. The number of aliphatic imine (C=N–C) groups is 1. The molecule has 0 aromatic heterocycles. The summed E-state index contributed by atoms with van der Waals surface area (Å²) in [4.78, 5) is 4.04. The Morgan fingerprint density at radius 3 is 2.33 bits per heavy atom. The zero-order valence-electron chi connectivity index (χ0n) is 11.6. The van der Waals surface area contributed by atoms with Crippen molar-refractivity contribution in [3.63, 3.8) is 0 Å². The van der Waals surface area contributed by atoms with Crippen LogP contribution >= 0.6 is 0 Å². The van der Waals surface area contributed by atoms with Crippen LogP contribution in [0.3, 0.4) is 0 Å². The lowest BCUT2D eigenvalue weighted by molar-refractivity contribution is 0.345. The van der Waals surface area contributed by atoms with Crippen molar-refractivity contribution in [2.45, 2.75) is 11.8 Å². The highest BCUT2D eigenvalue weighted by Gasteiger charge is 2.23. The molecule has 0 N–H and O–H groups in total. The van der Waals surface area contributed by atoms with Gasteiger partial charge in [-0.05, 0) is 19.1 Å². The van der Waals surface area contributed by atoms with Crippen molar-refractivity contribution in [3.8, 4) is 0 Å². The Hall–Kier alpha value is -1.41. The molecular formula is C13H17NO5S2. The Labute approximate surface area is 124 Å². The molecule has 0 bridgehead atoms. The van der Waals surface area contributed by atoms with Gasteiger partial charge in [0.2, 0.25) is 0 Å². The first kappa shape index (κ1) is 16.0. The van der Waals surface area contributed by atoms with E-state index in [4.69, 9.17) is 4.74 Å². The van der Waals surface area contributed by atoms with Gasteiger partial charge in [0, 0.05) is 0 Å². The van der Waals surface area contributed by atoms with Crippen LogP contribution in [0.15, 0.2) is 34.2 Å². The summed E-state index contributed by atoms with van der Waals surface area (Å²) in [5.41, 5.74) is 0.943. The predicted octanol–water partition coefficient (Wildman–Crippen LogP) is 0.612. The van der Waals surface area contributed by atoms with Gasteiger partial charge in [0.05, 0.1) is 22.9 Å². The molecule has 1 heterocycles. The van der Waals surface area contributed by atoms with Gasteiger partial charge in [0.25, 0.3) is 0 Å². The van der Waals surface area contributed by atoms with Crippen LogP contribution in [0, 0.1) is 6.92 Å². The zero-order chi connectivity index (χ0) is 15.5. The molecule has 0 saturated heterocycles. The third-order valence-corrected chi connectivity index (χ3v) is 6.54. The Balaban J connectivity index is 2.02. The van der Waals surface area contributed by atoms with E-state index in [0.29, 0.717) is 13.2 Å². The molecule has 6 nitrogen and oxygen atoms in total. The highest BCUT2D eigenvalue weighted by Crippen LogP contribution is 2.13. The van der Waals surface area contributed by atoms with Gasteiger partial charge in [-0.3, -0.25) is 4.99 Å². The van der Waals surface area contributed by atoms with Gasteiger partial charge >= 0.3 is 0 Å². The second kappa shape index (κ2) is 6.15. The Morgan fingerprint density at radius 1 is 1.10 bits per heavy atom. The molecule has 0 radical (unpaired) electrons. The van der Waals surface area contributed by atoms with E-state index in [2.05, 4.69) is 4.99 Å². The predicted molar refractivity (Wildman–Crippen MR) is 80.1 cm³/mol. The number of nitrogens with zero attached hydrogens (tertiary/aromatic N) is 1. The van der Waals surface area contributed by atoms with Crippen LogP contribution in [-0.2, 0) is 24.4 Å². The lowest BCUT2D eigenvalue weighted by Gasteiger charge is -2.06. The van der Waals surface area contributed by atoms with Crippen molar-refractivity contribution in [2.75, 3.05) is 30.4 Å². The molecule has 1 aromatic carbocycles. The second-order valence-corrected chi connectivity index (χ2v) is 9.14. The van der Waals surface area contributed by atoms with Crippen molar-refractivity contribution >= 4 is 25.6 Å². The zero-order valence-corrected chi connectivity index (χ0v) is 13.3. The minimum Gasteiger partial charge on any atom is -0.478 e. The molecule has 2 rings (SSSR count). The number of sulfone groups is 2. The maximum atomic E-state index is 12.1. The molecule has 0 atom stereocenters. The average molecular weight is 331 g/mol. The first-order chi connectivity index (χ1) is 9.78. The summed E-state index contributed by atoms with van der Waals surface area (Å²) in [6, 6.07) is 6.34. The minimum absolute atomic E-state index is 0.137. The SMILES string of the molecule is Cc1ccc(S(=O)(=O)CCS(=O)(=O)CC2=NCCO2)cc1. The summed E-state index contributed by atoms with van der Waals surface area (Å²) in [5.74, 6) is -1.05. The van der Waals surface area contributed by atoms with Crippen molar-refractivity contribution in [2.24, 2.45) is 4.99 Å². The van der Waals surface area contributed by atoms with Crippen LogP contribution in [0.4, 0.5) is 0 Å². The number of hydrogen-bond donors (Lipinski definition) is 0. The third kappa shape index (κ3) is 4.53. The monoisotopic (exact) mass is 331 g/mol. The maximum absolute atomic E-state index is 12.1. The highest BCUT2D eigenvalue weighted by atomic mass is 32.2. The topological polar surface area (TPSA) is 89.9 Å². The summed E-state index contributed by atoms with van der Waals surface area (Å²) in [6.45, 7) is 2.68. The highest BCUT2D eigenvalue weighted by molar-refractivity contribution is 7.95. The van der Waals surface area contributed by atoms with E-state index in [9.17, 15) is 16.8 Å². The van der Waals surface area contributed by atoms with Gasteiger partial charge in [0.15, 0.2) is 25.6 Å². The van der Waals surface area contributed by atoms with E-state index in [1.807, 2.05) is 6.92 Å². The molecule has 0 unspecified atom stereocenters. The van der Waals surface area contributed by atoms with E-state index in [1.54, 1.807) is 12.1 Å². The van der Waals surface area contributed by atoms with Crippen LogP contribution in [0.1, 0.15) is 5.56 Å². The molecule has 21 heavy (non-hydrogen) atoms. The van der Waals surface area contributed by atoms with Crippen LogP contribution < -0.4 is 0 Å². The van der Waals surface area contributed by atoms with Crippen molar-refractivity contribution in [3.05, 3.63) is 29.8 Å². The van der Waals surface area contributed by atoms with Gasteiger partial charge in [-0.2, -0.15) is 0 Å². The minimum atomic E-state index is -3.60. The Morgan fingerprint density at radius 2 is 1.76 bits per heavy atom. The van der Waals surface area contributed by atoms with Gasteiger partial charge in [-0.15, -0.1) is 0 Å². The fourth-order valence-corrected chi connectivity index (χ4v) is 5.20. The van der Waals surface area contributed by atoms with Crippen molar-refractivity contribution < 1.29 is 21.6 Å². The van der Waals surface area contributed by atoms with Crippen molar-refractivity contribution in [1.29, 1.82) is 0 Å². The van der Waals surface area contributed by atoms with Crippen LogP contribution in [-0.4, -0.2) is 53.1 Å². The van der Waals surface area contributed by atoms with E-state index in [1.165, 1.54) is 12.1 Å². The summed E-state index contributed by atoms with van der Waals surface area (Å²) >= 11 is 0. The van der Waals surface area contributed by atoms with Gasteiger partial charge < -0.3 is 4.74 Å². The standard InChI is InChI=1S/C13H17NO5S2/c1-11-2-4-12(5-3-11)21(17,18)9-8-20(15,16)10-13-14-6-7-19-13/h2-5H,6-10H2,1H3. The Kier molecular flexibility index (Phi) is 4.67. The molecule has 0 fully saturated rings. The smallest absolute Gasteiger partial charge is 0.198 e. The van der Waals surface area contributed by atoms with Gasteiger partial charge in [-0.1, -0.05) is 17.7 Å².